The molecule has 3 amide bonds. The Balaban J connectivity index is 1.29. The molecule has 2 N–H and O–H groups in total. The maximum atomic E-state index is 13.4. The number of para-hydroxylation sites is 1. The Bertz CT molecular complexity index is 1870. The third kappa shape index (κ3) is 4.35. The van der Waals surface area contributed by atoms with Crippen molar-refractivity contribution in [1.29, 1.82) is 0 Å². The standard InChI is InChI=1S/C27H23N7O5/c1-14-28-24-18(27(38)34(14)20-8-9-22(35)30-25(20)37)4-3-5-19(24)29-23(36)13-33-11-10-16-6-7-17(12-21(16)33)26-32-31-15(2)39-26/h3-7,10-12,20H,8-9,13H2,1-2H3,(H,29,36)(H,30,35,37). The molecule has 0 spiro atoms. The summed E-state index contributed by atoms with van der Waals surface area (Å²) in [5, 5.41) is 14.3. The Kier molecular flexibility index (Phi) is 5.78. The highest BCUT2D eigenvalue weighted by Crippen LogP contribution is 2.26. The van der Waals surface area contributed by atoms with Crippen molar-refractivity contribution in [3.05, 3.63) is 70.7 Å². The first-order chi connectivity index (χ1) is 18.8. The van der Waals surface area contributed by atoms with Gasteiger partial charge >= 0.3 is 0 Å². The number of amides is 3. The van der Waals surface area contributed by atoms with Crippen molar-refractivity contribution >= 4 is 45.2 Å². The highest BCUT2D eigenvalue weighted by atomic mass is 16.4. The zero-order valence-electron chi connectivity index (χ0n) is 21.1. The lowest BCUT2D eigenvalue weighted by Gasteiger charge is -2.24. The van der Waals surface area contributed by atoms with Gasteiger partial charge in [0.25, 0.3) is 5.56 Å². The van der Waals surface area contributed by atoms with Crippen LogP contribution in [-0.2, 0) is 20.9 Å². The summed E-state index contributed by atoms with van der Waals surface area (Å²) < 4.78 is 8.64. The van der Waals surface area contributed by atoms with Gasteiger partial charge in [-0.2, -0.15) is 0 Å². The number of benzene rings is 2. The van der Waals surface area contributed by atoms with Crippen LogP contribution in [0.4, 0.5) is 5.69 Å². The Morgan fingerprint density at radius 3 is 2.74 bits per heavy atom. The summed E-state index contributed by atoms with van der Waals surface area (Å²) in [6.45, 7) is 3.35. The predicted octanol–water partition coefficient (Wildman–Crippen LogP) is 2.63. The molecular weight excluding hydrogens is 502 g/mol. The van der Waals surface area contributed by atoms with Crippen LogP contribution in [0.1, 0.15) is 30.6 Å². The van der Waals surface area contributed by atoms with E-state index in [1.165, 1.54) is 4.57 Å². The molecule has 0 saturated carbocycles. The number of hydrogen-bond acceptors (Lipinski definition) is 8. The third-order valence-corrected chi connectivity index (χ3v) is 6.76. The molecule has 1 atom stereocenters. The van der Waals surface area contributed by atoms with Crippen molar-refractivity contribution in [2.75, 3.05) is 5.32 Å². The molecule has 0 aliphatic carbocycles. The summed E-state index contributed by atoms with van der Waals surface area (Å²) in [7, 11) is 0. The SMILES string of the molecule is Cc1nnc(-c2ccc3ccn(CC(=O)Nc4cccc5c(=O)n(C6CCC(=O)NC6=O)c(C)nc45)c3c2)o1. The highest BCUT2D eigenvalue weighted by molar-refractivity contribution is 6.01. The quantitative estimate of drug-likeness (QED) is 0.332. The Morgan fingerprint density at radius 1 is 1.13 bits per heavy atom. The van der Waals surface area contributed by atoms with Gasteiger partial charge in [0, 0.05) is 30.6 Å². The molecule has 0 bridgehead atoms. The highest BCUT2D eigenvalue weighted by Gasteiger charge is 2.30. The van der Waals surface area contributed by atoms with Crippen LogP contribution in [0.15, 0.2) is 57.9 Å². The van der Waals surface area contributed by atoms with Crippen molar-refractivity contribution in [2.45, 2.75) is 39.3 Å². The first kappa shape index (κ1) is 24.2. The van der Waals surface area contributed by atoms with Gasteiger partial charge in [0.1, 0.15) is 23.9 Å². The van der Waals surface area contributed by atoms with Crippen molar-refractivity contribution in [1.82, 2.24) is 29.6 Å². The molecule has 2 aromatic carbocycles. The number of anilines is 1. The van der Waals surface area contributed by atoms with Crippen LogP contribution in [0.5, 0.6) is 0 Å². The molecule has 3 aromatic heterocycles. The lowest BCUT2D eigenvalue weighted by Crippen LogP contribution is -2.45. The summed E-state index contributed by atoms with van der Waals surface area (Å²) in [6, 6.07) is 11.7. The summed E-state index contributed by atoms with van der Waals surface area (Å²) in [4.78, 5) is 55.0. The minimum absolute atomic E-state index is 0.0124. The Morgan fingerprint density at radius 2 is 1.97 bits per heavy atom. The van der Waals surface area contributed by atoms with Crippen molar-refractivity contribution in [2.24, 2.45) is 0 Å². The Labute approximate surface area is 220 Å². The average Bonchev–Trinajstić information content (AvgIpc) is 3.51. The molecule has 39 heavy (non-hydrogen) atoms. The van der Waals surface area contributed by atoms with Crippen LogP contribution >= 0.6 is 0 Å². The van der Waals surface area contributed by atoms with Gasteiger partial charge in [-0.25, -0.2) is 4.98 Å². The van der Waals surface area contributed by atoms with E-state index in [-0.39, 0.29) is 36.6 Å². The molecule has 1 saturated heterocycles. The third-order valence-electron chi connectivity index (χ3n) is 6.76. The summed E-state index contributed by atoms with van der Waals surface area (Å²) in [5.74, 6) is -0.0401. The van der Waals surface area contributed by atoms with E-state index < -0.39 is 17.5 Å². The van der Waals surface area contributed by atoms with Crippen LogP contribution in [0.3, 0.4) is 0 Å². The fourth-order valence-electron chi connectivity index (χ4n) is 4.94. The number of rotatable bonds is 5. The van der Waals surface area contributed by atoms with Crippen molar-refractivity contribution < 1.29 is 18.8 Å². The molecular formula is C27H23N7O5. The number of aryl methyl sites for hydroxylation is 2. The van der Waals surface area contributed by atoms with Gasteiger partial charge in [0.05, 0.1) is 11.1 Å². The van der Waals surface area contributed by atoms with E-state index in [1.807, 2.05) is 30.5 Å². The van der Waals surface area contributed by atoms with Crippen molar-refractivity contribution in [3.63, 3.8) is 0 Å². The maximum Gasteiger partial charge on any atom is 0.262 e. The summed E-state index contributed by atoms with van der Waals surface area (Å²) in [6.07, 6.45) is 2.17. The van der Waals surface area contributed by atoms with Gasteiger partial charge in [-0.15, -0.1) is 10.2 Å². The lowest BCUT2D eigenvalue weighted by molar-refractivity contribution is -0.135. The van der Waals surface area contributed by atoms with Gasteiger partial charge in [-0.1, -0.05) is 12.1 Å². The first-order valence-electron chi connectivity index (χ1n) is 12.3. The maximum absolute atomic E-state index is 13.4. The van der Waals surface area contributed by atoms with E-state index >= 15 is 0 Å². The summed E-state index contributed by atoms with van der Waals surface area (Å²) >= 11 is 0. The second kappa shape index (κ2) is 9.31. The number of hydrogen-bond donors (Lipinski definition) is 2. The first-order valence-corrected chi connectivity index (χ1v) is 12.3. The van der Waals surface area contributed by atoms with Gasteiger partial charge < -0.3 is 14.3 Å². The van der Waals surface area contributed by atoms with E-state index in [0.717, 1.165) is 16.5 Å². The van der Waals surface area contributed by atoms with E-state index in [1.54, 1.807) is 36.6 Å². The number of imide groups is 1. The molecule has 12 nitrogen and oxygen atoms in total. The molecule has 4 heterocycles. The molecule has 5 aromatic rings. The lowest BCUT2D eigenvalue weighted by atomic mass is 10.1. The molecule has 1 aliphatic heterocycles. The zero-order valence-corrected chi connectivity index (χ0v) is 21.1. The van der Waals surface area contributed by atoms with Crippen LogP contribution in [0, 0.1) is 13.8 Å². The molecule has 12 heteroatoms. The van der Waals surface area contributed by atoms with E-state index in [9.17, 15) is 19.2 Å². The second-order valence-corrected chi connectivity index (χ2v) is 9.39. The number of nitrogens with one attached hydrogen (secondary N) is 2. The van der Waals surface area contributed by atoms with Crippen LogP contribution in [0.25, 0.3) is 33.3 Å². The van der Waals surface area contributed by atoms with Crippen LogP contribution in [-0.4, -0.2) is 42.0 Å². The largest absolute Gasteiger partial charge is 0.421 e. The number of nitrogens with zero attached hydrogens (tertiary/aromatic N) is 5. The smallest absolute Gasteiger partial charge is 0.262 e. The van der Waals surface area contributed by atoms with Gasteiger partial charge in [-0.3, -0.25) is 29.1 Å². The van der Waals surface area contributed by atoms with Crippen molar-refractivity contribution in [3.8, 4) is 11.5 Å². The molecule has 6 rings (SSSR count). The number of carbonyl (C=O) groups is 3. The number of fused-ring (bicyclic) bond motifs is 2. The minimum atomic E-state index is -0.826. The molecule has 196 valence electrons. The van der Waals surface area contributed by atoms with E-state index in [0.29, 0.717) is 28.8 Å². The molecule has 0 radical (unpaired) electrons. The minimum Gasteiger partial charge on any atom is -0.421 e. The molecule has 1 aliphatic rings. The van der Waals surface area contributed by atoms with Gasteiger partial charge in [0.15, 0.2) is 0 Å². The fraction of sp³-hybridized carbons (Fsp3) is 0.222. The zero-order chi connectivity index (χ0) is 27.3. The average molecular weight is 526 g/mol. The Hall–Kier alpha value is -5.13. The van der Waals surface area contributed by atoms with Crippen LogP contribution < -0.4 is 16.2 Å². The molecule has 1 unspecified atom stereocenters. The van der Waals surface area contributed by atoms with Gasteiger partial charge in [0.2, 0.25) is 29.5 Å². The number of carbonyl (C=O) groups excluding carboxylic acids is 3. The second-order valence-electron chi connectivity index (χ2n) is 9.39. The topological polar surface area (TPSA) is 154 Å². The predicted molar refractivity (Wildman–Crippen MR) is 141 cm³/mol. The monoisotopic (exact) mass is 525 g/mol. The number of aromatic nitrogens is 5. The summed E-state index contributed by atoms with van der Waals surface area (Å²) in [5.41, 5.74) is 1.85. The van der Waals surface area contributed by atoms with E-state index in [4.69, 9.17) is 4.42 Å². The number of piperidine rings is 1. The van der Waals surface area contributed by atoms with E-state index in [2.05, 4.69) is 25.8 Å². The van der Waals surface area contributed by atoms with Crippen LogP contribution in [0.2, 0.25) is 0 Å². The normalized spacial score (nSPS) is 15.6. The molecule has 1 fully saturated rings. The van der Waals surface area contributed by atoms with Gasteiger partial charge in [-0.05, 0) is 49.1 Å². The fourth-order valence-corrected chi connectivity index (χ4v) is 4.94.